The van der Waals surface area contributed by atoms with Gasteiger partial charge in [-0.2, -0.15) is 0 Å². The zero-order chi connectivity index (χ0) is 20.3. The van der Waals surface area contributed by atoms with E-state index >= 15 is 0 Å². The van der Waals surface area contributed by atoms with Crippen molar-refractivity contribution in [2.24, 2.45) is 0 Å². The lowest BCUT2D eigenvalue weighted by atomic mass is 10.1. The predicted molar refractivity (Wildman–Crippen MR) is 121 cm³/mol. The van der Waals surface area contributed by atoms with Crippen molar-refractivity contribution in [1.29, 1.82) is 0 Å². The standard InChI is InChI=1S/C20H24IN3O3Si/c1-26-20(25)15-7-5-14(6-8-15)18-23-17-16(21)9-10-22-19(17)24(18)13-27-11-12-28(2,3)4/h5-10H,11-13H2,1-4H3. The molecule has 8 heteroatoms. The van der Waals surface area contributed by atoms with Gasteiger partial charge in [0.05, 0.1) is 12.7 Å². The molecule has 0 N–H and O–H groups in total. The lowest BCUT2D eigenvalue weighted by molar-refractivity contribution is 0.0600. The Morgan fingerprint density at radius 2 is 1.89 bits per heavy atom. The molecule has 0 aliphatic heterocycles. The van der Waals surface area contributed by atoms with Crippen LogP contribution in [0.3, 0.4) is 0 Å². The van der Waals surface area contributed by atoms with Gasteiger partial charge in [-0.05, 0) is 46.8 Å². The van der Waals surface area contributed by atoms with E-state index in [9.17, 15) is 4.79 Å². The maximum absolute atomic E-state index is 11.7. The lowest BCUT2D eigenvalue weighted by Crippen LogP contribution is -2.22. The summed E-state index contributed by atoms with van der Waals surface area (Å²) < 4.78 is 13.8. The number of pyridine rings is 1. The maximum Gasteiger partial charge on any atom is 0.337 e. The second-order valence-corrected chi connectivity index (χ2v) is 14.5. The Hall–Kier alpha value is -1.78. The lowest BCUT2D eigenvalue weighted by Gasteiger charge is -2.16. The Morgan fingerprint density at radius 1 is 1.18 bits per heavy atom. The molecule has 1 aromatic carbocycles. The van der Waals surface area contributed by atoms with Gasteiger partial charge in [-0.15, -0.1) is 0 Å². The molecule has 3 rings (SSSR count). The molecule has 0 aliphatic rings. The maximum atomic E-state index is 11.7. The minimum Gasteiger partial charge on any atom is -0.465 e. The SMILES string of the molecule is COC(=O)c1ccc(-c2nc3c(I)ccnc3n2COCC[Si](C)(C)C)cc1. The van der Waals surface area contributed by atoms with Crippen LogP contribution in [0.4, 0.5) is 0 Å². The van der Waals surface area contributed by atoms with Gasteiger partial charge in [0, 0.05) is 30.0 Å². The fourth-order valence-electron chi connectivity index (χ4n) is 2.74. The molecule has 2 aromatic heterocycles. The second-order valence-electron chi connectivity index (χ2n) is 7.75. The molecule has 0 atom stereocenters. The van der Waals surface area contributed by atoms with E-state index in [-0.39, 0.29) is 5.97 Å². The normalized spacial score (nSPS) is 11.8. The van der Waals surface area contributed by atoms with Gasteiger partial charge in [0.15, 0.2) is 5.65 Å². The van der Waals surface area contributed by atoms with Crippen molar-refractivity contribution in [3.63, 3.8) is 0 Å². The van der Waals surface area contributed by atoms with Gasteiger partial charge >= 0.3 is 5.97 Å². The quantitative estimate of drug-likeness (QED) is 0.198. The van der Waals surface area contributed by atoms with Gasteiger partial charge in [-0.3, -0.25) is 4.57 Å². The summed E-state index contributed by atoms with van der Waals surface area (Å²) in [5, 5.41) is 0. The molecule has 28 heavy (non-hydrogen) atoms. The smallest absolute Gasteiger partial charge is 0.337 e. The van der Waals surface area contributed by atoms with Crippen LogP contribution in [0, 0.1) is 3.57 Å². The van der Waals surface area contributed by atoms with Crippen LogP contribution in [0.25, 0.3) is 22.6 Å². The van der Waals surface area contributed by atoms with Crippen molar-refractivity contribution in [1.82, 2.24) is 14.5 Å². The number of carbonyl (C=O) groups is 1. The first-order chi connectivity index (χ1) is 13.3. The van der Waals surface area contributed by atoms with Crippen molar-refractivity contribution in [2.45, 2.75) is 32.4 Å². The summed E-state index contributed by atoms with van der Waals surface area (Å²) in [6.45, 7) is 8.12. The monoisotopic (exact) mass is 509 g/mol. The molecule has 6 nitrogen and oxygen atoms in total. The van der Waals surface area contributed by atoms with E-state index in [2.05, 4.69) is 47.2 Å². The van der Waals surface area contributed by atoms with E-state index in [4.69, 9.17) is 14.5 Å². The molecule has 0 unspecified atom stereocenters. The Balaban J connectivity index is 1.94. The molecule has 148 valence electrons. The minimum absolute atomic E-state index is 0.356. The molecule has 0 saturated heterocycles. The van der Waals surface area contributed by atoms with Crippen LogP contribution in [0.2, 0.25) is 25.7 Å². The zero-order valence-corrected chi connectivity index (χ0v) is 19.7. The number of ether oxygens (including phenoxy) is 2. The highest BCUT2D eigenvalue weighted by Gasteiger charge is 2.17. The predicted octanol–water partition coefficient (Wildman–Crippen LogP) is 4.80. The summed E-state index contributed by atoms with van der Waals surface area (Å²) in [4.78, 5) is 21.0. The largest absolute Gasteiger partial charge is 0.465 e. The molecule has 0 spiro atoms. The highest BCUT2D eigenvalue weighted by atomic mass is 127. The zero-order valence-electron chi connectivity index (χ0n) is 16.5. The molecule has 2 heterocycles. The highest BCUT2D eigenvalue weighted by Crippen LogP contribution is 2.27. The fraction of sp³-hybridized carbons (Fsp3) is 0.350. The molecule has 0 fully saturated rings. The average Bonchev–Trinajstić information content (AvgIpc) is 3.04. The van der Waals surface area contributed by atoms with Crippen LogP contribution in [-0.2, 0) is 16.2 Å². The number of halogens is 1. The summed E-state index contributed by atoms with van der Waals surface area (Å²) in [6.07, 6.45) is 1.79. The molecule has 3 aromatic rings. The summed E-state index contributed by atoms with van der Waals surface area (Å²) in [6, 6.07) is 10.3. The van der Waals surface area contributed by atoms with Crippen molar-refractivity contribution >= 4 is 47.8 Å². The van der Waals surface area contributed by atoms with E-state index in [0.717, 1.165) is 38.8 Å². The van der Waals surface area contributed by atoms with Crippen LogP contribution in [0.5, 0.6) is 0 Å². The van der Waals surface area contributed by atoms with Gasteiger partial charge in [0.2, 0.25) is 0 Å². The number of imidazole rings is 1. The summed E-state index contributed by atoms with van der Waals surface area (Å²) in [5.74, 6) is 0.419. The summed E-state index contributed by atoms with van der Waals surface area (Å²) in [7, 11) is 0.225. The molecule has 0 aliphatic carbocycles. The van der Waals surface area contributed by atoms with Crippen LogP contribution in [-0.4, -0.2) is 42.3 Å². The molecule has 0 saturated carbocycles. The number of benzene rings is 1. The van der Waals surface area contributed by atoms with Crippen LogP contribution in [0.1, 0.15) is 10.4 Å². The third kappa shape index (κ3) is 4.79. The summed E-state index contributed by atoms with van der Waals surface area (Å²) >= 11 is 2.27. The number of carbonyl (C=O) groups excluding carboxylic acids is 1. The van der Waals surface area contributed by atoms with Crippen molar-refractivity contribution < 1.29 is 14.3 Å². The number of hydrogen-bond acceptors (Lipinski definition) is 5. The fourth-order valence-corrected chi connectivity index (χ4v) is 4.02. The first-order valence-electron chi connectivity index (χ1n) is 9.07. The van der Waals surface area contributed by atoms with Crippen LogP contribution < -0.4 is 0 Å². The van der Waals surface area contributed by atoms with E-state index in [1.54, 1.807) is 18.3 Å². The van der Waals surface area contributed by atoms with E-state index in [1.807, 2.05) is 22.8 Å². The molecular weight excluding hydrogens is 485 g/mol. The third-order valence-corrected chi connectivity index (χ3v) is 6.94. The topological polar surface area (TPSA) is 66.2 Å². The number of nitrogens with zero attached hydrogens (tertiary/aromatic N) is 3. The molecule has 0 radical (unpaired) electrons. The first kappa shape index (κ1) is 20.9. The summed E-state index contributed by atoms with van der Waals surface area (Å²) in [5.41, 5.74) is 3.05. The number of hydrogen-bond donors (Lipinski definition) is 0. The number of esters is 1. The highest BCUT2D eigenvalue weighted by molar-refractivity contribution is 14.1. The molecule has 0 bridgehead atoms. The second kappa shape index (κ2) is 8.71. The Morgan fingerprint density at radius 3 is 2.54 bits per heavy atom. The van der Waals surface area contributed by atoms with Crippen molar-refractivity contribution in [2.75, 3.05) is 13.7 Å². The number of methoxy groups -OCH3 is 1. The van der Waals surface area contributed by atoms with Crippen molar-refractivity contribution in [3.05, 3.63) is 45.7 Å². The Kier molecular flexibility index (Phi) is 6.51. The Bertz CT molecular complexity index is 981. The number of fused-ring (bicyclic) bond motifs is 1. The van der Waals surface area contributed by atoms with Gasteiger partial charge in [-0.25, -0.2) is 14.8 Å². The number of rotatable bonds is 7. The Labute approximate surface area is 179 Å². The average molecular weight is 509 g/mol. The van der Waals surface area contributed by atoms with Gasteiger partial charge in [0.25, 0.3) is 0 Å². The first-order valence-corrected chi connectivity index (χ1v) is 13.9. The van der Waals surface area contributed by atoms with Crippen LogP contribution >= 0.6 is 22.6 Å². The third-order valence-electron chi connectivity index (χ3n) is 4.37. The van der Waals surface area contributed by atoms with Gasteiger partial charge in [-0.1, -0.05) is 31.8 Å². The molecule has 0 amide bonds. The van der Waals surface area contributed by atoms with Crippen molar-refractivity contribution in [3.8, 4) is 11.4 Å². The van der Waals surface area contributed by atoms with E-state index < -0.39 is 8.07 Å². The van der Waals surface area contributed by atoms with E-state index in [1.165, 1.54) is 7.11 Å². The number of aromatic nitrogens is 3. The van der Waals surface area contributed by atoms with Crippen LogP contribution in [0.15, 0.2) is 36.5 Å². The minimum atomic E-state index is -1.15. The van der Waals surface area contributed by atoms with Gasteiger partial charge < -0.3 is 9.47 Å². The molecular formula is C20H24IN3O3Si. The van der Waals surface area contributed by atoms with E-state index in [0.29, 0.717) is 12.3 Å². The van der Waals surface area contributed by atoms with Gasteiger partial charge in [0.1, 0.15) is 18.1 Å².